The number of hydrogen-bond acceptors (Lipinski definition) is 4. The van der Waals surface area contributed by atoms with Crippen molar-refractivity contribution in [2.24, 2.45) is 0 Å². The molecule has 0 N–H and O–H groups in total. The van der Waals surface area contributed by atoms with Gasteiger partial charge >= 0.3 is 0 Å². The summed E-state index contributed by atoms with van der Waals surface area (Å²) in [7, 11) is 1.68. The fourth-order valence-electron chi connectivity index (χ4n) is 3.91. The third-order valence-corrected chi connectivity index (χ3v) is 5.69. The smallest absolute Gasteiger partial charge is 0.263 e. The largest absolute Gasteiger partial charge is 0.497 e. The van der Waals surface area contributed by atoms with Gasteiger partial charge in [0.05, 0.1) is 7.11 Å². The molecule has 5 nitrogen and oxygen atoms in total. The van der Waals surface area contributed by atoms with Crippen LogP contribution in [-0.4, -0.2) is 50.2 Å². The van der Waals surface area contributed by atoms with Crippen molar-refractivity contribution in [3.05, 3.63) is 53.6 Å². The zero-order valence-electron chi connectivity index (χ0n) is 18.9. The second kappa shape index (κ2) is 9.88. The van der Waals surface area contributed by atoms with Gasteiger partial charge < -0.3 is 19.3 Å². The molecule has 30 heavy (non-hydrogen) atoms. The maximum atomic E-state index is 13.1. The summed E-state index contributed by atoms with van der Waals surface area (Å²) >= 11 is 0. The van der Waals surface area contributed by atoms with E-state index in [0.717, 1.165) is 54.4 Å². The highest BCUT2D eigenvalue weighted by molar-refractivity contribution is 5.81. The van der Waals surface area contributed by atoms with Gasteiger partial charge in [0, 0.05) is 31.9 Å². The SMILES string of the molecule is COc1ccc(N2CCCN(C(=O)C(C)Oc3cc(C)ccc3C(C)C)CC2)cc1. The van der Waals surface area contributed by atoms with E-state index in [1.807, 2.05) is 36.9 Å². The second-order valence-corrected chi connectivity index (χ2v) is 8.32. The fraction of sp³-hybridized carbons (Fsp3) is 0.480. The van der Waals surface area contributed by atoms with Crippen LogP contribution in [0.2, 0.25) is 0 Å². The van der Waals surface area contributed by atoms with Crippen molar-refractivity contribution in [3.8, 4) is 11.5 Å². The first kappa shape index (κ1) is 22.0. The molecule has 0 bridgehead atoms. The lowest BCUT2D eigenvalue weighted by Crippen LogP contribution is -2.42. The van der Waals surface area contributed by atoms with Crippen LogP contribution in [0.5, 0.6) is 11.5 Å². The number of carbonyl (C=O) groups excluding carboxylic acids is 1. The van der Waals surface area contributed by atoms with Gasteiger partial charge in [-0.15, -0.1) is 0 Å². The molecule has 0 saturated carbocycles. The van der Waals surface area contributed by atoms with Gasteiger partial charge in [0.25, 0.3) is 5.91 Å². The molecular formula is C25H34N2O3. The predicted molar refractivity (Wildman–Crippen MR) is 122 cm³/mol. The van der Waals surface area contributed by atoms with Crippen LogP contribution < -0.4 is 14.4 Å². The standard InChI is InChI=1S/C25H34N2O3/c1-18(2)23-12-7-19(3)17-24(23)30-20(4)25(28)27-14-6-13-26(15-16-27)21-8-10-22(29-5)11-9-21/h7-12,17-18,20H,6,13-16H2,1-5H3. The number of nitrogens with zero attached hydrogens (tertiary/aromatic N) is 2. The first-order valence-electron chi connectivity index (χ1n) is 10.8. The third-order valence-electron chi connectivity index (χ3n) is 5.69. The van der Waals surface area contributed by atoms with Crippen molar-refractivity contribution in [2.45, 2.75) is 46.1 Å². The molecule has 5 heteroatoms. The minimum Gasteiger partial charge on any atom is -0.497 e. The summed E-state index contributed by atoms with van der Waals surface area (Å²) in [5, 5.41) is 0. The highest BCUT2D eigenvalue weighted by atomic mass is 16.5. The normalized spacial score (nSPS) is 15.7. The van der Waals surface area contributed by atoms with Crippen molar-refractivity contribution in [1.29, 1.82) is 0 Å². The van der Waals surface area contributed by atoms with Crippen LogP contribution in [0.15, 0.2) is 42.5 Å². The van der Waals surface area contributed by atoms with E-state index in [9.17, 15) is 4.79 Å². The second-order valence-electron chi connectivity index (χ2n) is 8.32. The quantitative estimate of drug-likeness (QED) is 0.696. The fourth-order valence-corrected chi connectivity index (χ4v) is 3.91. The van der Waals surface area contributed by atoms with Crippen molar-refractivity contribution >= 4 is 11.6 Å². The molecule has 0 aliphatic carbocycles. The van der Waals surface area contributed by atoms with Gasteiger partial charge in [0.2, 0.25) is 0 Å². The minimum atomic E-state index is -0.503. The lowest BCUT2D eigenvalue weighted by Gasteiger charge is -2.26. The molecule has 2 aromatic rings. The average Bonchev–Trinajstić information content (AvgIpc) is 2.99. The molecule has 1 atom stereocenters. The maximum Gasteiger partial charge on any atom is 0.263 e. The van der Waals surface area contributed by atoms with Crippen LogP contribution in [0.3, 0.4) is 0 Å². The number of amides is 1. The van der Waals surface area contributed by atoms with E-state index in [4.69, 9.17) is 9.47 Å². The summed E-state index contributed by atoms with van der Waals surface area (Å²) in [5.74, 6) is 2.08. The third kappa shape index (κ3) is 5.26. The number of methoxy groups -OCH3 is 1. The molecule has 1 aliphatic heterocycles. The summed E-state index contributed by atoms with van der Waals surface area (Å²) in [4.78, 5) is 17.4. The highest BCUT2D eigenvalue weighted by Crippen LogP contribution is 2.29. The minimum absolute atomic E-state index is 0.0581. The number of aryl methyl sites for hydroxylation is 1. The maximum absolute atomic E-state index is 13.1. The van der Waals surface area contributed by atoms with E-state index in [-0.39, 0.29) is 5.91 Å². The van der Waals surface area contributed by atoms with Gasteiger partial charge in [-0.2, -0.15) is 0 Å². The molecule has 0 radical (unpaired) electrons. The van der Waals surface area contributed by atoms with Crippen LogP contribution >= 0.6 is 0 Å². The molecule has 1 heterocycles. The van der Waals surface area contributed by atoms with Crippen LogP contribution in [0.25, 0.3) is 0 Å². The van der Waals surface area contributed by atoms with Crippen LogP contribution in [0, 0.1) is 6.92 Å². The Morgan fingerprint density at radius 1 is 0.967 bits per heavy atom. The van der Waals surface area contributed by atoms with Gasteiger partial charge in [-0.25, -0.2) is 0 Å². The summed E-state index contributed by atoms with van der Waals surface area (Å²) in [5.41, 5.74) is 3.44. The Hall–Kier alpha value is -2.69. The van der Waals surface area contributed by atoms with Gasteiger partial charge in [-0.05, 0) is 67.6 Å². The van der Waals surface area contributed by atoms with Gasteiger partial charge in [-0.1, -0.05) is 26.0 Å². The highest BCUT2D eigenvalue weighted by Gasteiger charge is 2.25. The van der Waals surface area contributed by atoms with Crippen molar-refractivity contribution in [2.75, 3.05) is 38.2 Å². The molecule has 1 saturated heterocycles. The number of anilines is 1. The topological polar surface area (TPSA) is 42.0 Å². The number of hydrogen-bond donors (Lipinski definition) is 0. The molecule has 3 rings (SSSR count). The van der Waals surface area contributed by atoms with E-state index >= 15 is 0 Å². The van der Waals surface area contributed by atoms with E-state index in [1.54, 1.807) is 7.11 Å². The molecule has 0 spiro atoms. The average molecular weight is 411 g/mol. The predicted octanol–water partition coefficient (Wildman–Crippen LogP) is 4.63. The number of rotatable bonds is 6. The van der Waals surface area contributed by atoms with Crippen molar-refractivity contribution in [3.63, 3.8) is 0 Å². The lowest BCUT2D eigenvalue weighted by molar-refractivity contribution is -0.137. The molecule has 1 unspecified atom stereocenters. The van der Waals surface area contributed by atoms with Gasteiger partial charge in [-0.3, -0.25) is 4.79 Å². The first-order chi connectivity index (χ1) is 14.4. The Kier molecular flexibility index (Phi) is 7.24. The Morgan fingerprint density at radius 3 is 2.37 bits per heavy atom. The summed E-state index contributed by atoms with van der Waals surface area (Å²) in [6, 6.07) is 14.3. The molecule has 162 valence electrons. The summed E-state index contributed by atoms with van der Waals surface area (Å²) in [6.07, 6.45) is 0.434. The molecule has 2 aromatic carbocycles. The van der Waals surface area contributed by atoms with E-state index in [0.29, 0.717) is 12.5 Å². The number of benzene rings is 2. The molecule has 0 aromatic heterocycles. The van der Waals surface area contributed by atoms with Crippen LogP contribution in [0.4, 0.5) is 5.69 Å². The van der Waals surface area contributed by atoms with E-state index < -0.39 is 6.10 Å². The zero-order valence-corrected chi connectivity index (χ0v) is 18.9. The van der Waals surface area contributed by atoms with Crippen molar-refractivity contribution in [1.82, 2.24) is 4.90 Å². The van der Waals surface area contributed by atoms with Gasteiger partial charge in [0.1, 0.15) is 11.5 Å². The number of ether oxygens (including phenoxy) is 2. The monoisotopic (exact) mass is 410 g/mol. The Labute approximate surface area is 180 Å². The molecule has 1 amide bonds. The molecular weight excluding hydrogens is 376 g/mol. The summed E-state index contributed by atoms with van der Waals surface area (Å²) < 4.78 is 11.4. The first-order valence-corrected chi connectivity index (χ1v) is 10.8. The summed E-state index contributed by atoms with van der Waals surface area (Å²) in [6.45, 7) is 11.4. The van der Waals surface area contributed by atoms with E-state index in [2.05, 4.69) is 43.0 Å². The van der Waals surface area contributed by atoms with Crippen molar-refractivity contribution < 1.29 is 14.3 Å². The Morgan fingerprint density at radius 2 is 1.70 bits per heavy atom. The Bertz CT molecular complexity index is 848. The van der Waals surface area contributed by atoms with Crippen LogP contribution in [0.1, 0.15) is 44.2 Å². The Balaban J connectivity index is 1.63. The molecule has 1 fully saturated rings. The van der Waals surface area contributed by atoms with E-state index in [1.165, 1.54) is 0 Å². The van der Waals surface area contributed by atoms with Crippen LogP contribution in [-0.2, 0) is 4.79 Å². The van der Waals surface area contributed by atoms with Gasteiger partial charge in [0.15, 0.2) is 6.10 Å². The number of carbonyl (C=O) groups is 1. The lowest BCUT2D eigenvalue weighted by atomic mass is 10.0. The molecule has 1 aliphatic rings. The zero-order chi connectivity index (χ0) is 21.7.